The lowest BCUT2D eigenvalue weighted by Crippen LogP contribution is -2.27. The number of hydrogen-bond donors (Lipinski definition) is 0. The summed E-state index contributed by atoms with van der Waals surface area (Å²) in [5.74, 6) is 0.210. The summed E-state index contributed by atoms with van der Waals surface area (Å²) in [6, 6.07) is 3.47. The number of Topliss-reactive ketones (excluding diaryl/α,β-unsaturated/α-hetero) is 1. The second-order valence-electron chi connectivity index (χ2n) is 4.52. The van der Waals surface area contributed by atoms with Crippen LogP contribution in [-0.2, 0) is 9.53 Å². The Balaban J connectivity index is 2.19. The van der Waals surface area contributed by atoms with E-state index >= 15 is 0 Å². The zero-order valence-electron chi connectivity index (χ0n) is 11.7. The van der Waals surface area contributed by atoms with E-state index in [0.717, 1.165) is 4.47 Å². The van der Waals surface area contributed by atoms with E-state index in [1.807, 2.05) is 0 Å². The van der Waals surface area contributed by atoms with Gasteiger partial charge in [-0.1, -0.05) is 22.0 Å². The largest absolute Gasteiger partial charge is 0.493 e. The first-order valence-electron chi connectivity index (χ1n) is 6.35. The van der Waals surface area contributed by atoms with E-state index < -0.39 is 5.97 Å². The molecular formula is C15H15BrO5. The first-order chi connectivity index (χ1) is 10.1. The van der Waals surface area contributed by atoms with Gasteiger partial charge in [0.05, 0.1) is 32.3 Å². The van der Waals surface area contributed by atoms with E-state index in [0.29, 0.717) is 23.5 Å². The molecule has 0 N–H and O–H groups in total. The fourth-order valence-electron chi connectivity index (χ4n) is 2.10. The van der Waals surface area contributed by atoms with Crippen LogP contribution in [-0.4, -0.2) is 32.6 Å². The first-order valence-corrected chi connectivity index (χ1v) is 7.15. The lowest BCUT2D eigenvalue weighted by molar-refractivity contribution is -0.134. The number of carbonyl (C=O) groups is 2. The lowest BCUT2D eigenvalue weighted by Gasteiger charge is -2.25. The molecule has 1 heterocycles. The Bertz CT molecular complexity index is 594. The fraction of sp³-hybridized carbons (Fsp3) is 0.333. The zero-order chi connectivity index (χ0) is 15.4. The average molecular weight is 355 g/mol. The second-order valence-corrected chi connectivity index (χ2v) is 5.43. The highest BCUT2D eigenvalue weighted by molar-refractivity contribution is 9.10. The predicted octanol–water partition coefficient (Wildman–Crippen LogP) is 2.77. The zero-order valence-corrected chi connectivity index (χ0v) is 13.3. The van der Waals surface area contributed by atoms with Gasteiger partial charge in [-0.25, -0.2) is 4.79 Å². The van der Waals surface area contributed by atoms with Crippen molar-refractivity contribution in [3.63, 3.8) is 0 Å². The fourth-order valence-corrected chi connectivity index (χ4v) is 2.54. The number of allylic oxidation sites excluding steroid dienone is 1. The van der Waals surface area contributed by atoms with Gasteiger partial charge in [0, 0.05) is 10.5 Å². The lowest BCUT2D eigenvalue weighted by atomic mass is 9.92. The first kappa shape index (κ1) is 15.6. The molecule has 1 aliphatic rings. The normalized spacial score (nSPS) is 17.3. The van der Waals surface area contributed by atoms with E-state index in [4.69, 9.17) is 9.47 Å². The number of carbonyl (C=O) groups excluding carboxylic acids is 2. The Labute approximate surface area is 131 Å². The summed E-state index contributed by atoms with van der Waals surface area (Å²) in [4.78, 5) is 23.5. The van der Waals surface area contributed by atoms with Crippen molar-refractivity contribution in [1.82, 2.24) is 0 Å². The van der Waals surface area contributed by atoms with Crippen LogP contribution in [0.25, 0.3) is 0 Å². The van der Waals surface area contributed by atoms with Gasteiger partial charge in [0.25, 0.3) is 0 Å². The molecule has 0 amide bonds. The monoisotopic (exact) mass is 354 g/mol. The number of ether oxygens (including phenoxy) is 3. The van der Waals surface area contributed by atoms with Crippen LogP contribution in [0.1, 0.15) is 16.8 Å². The molecule has 0 aromatic heterocycles. The minimum atomic E-state index is -0.441. The minimum Gasteiger partial charge on any atom is -0.493 e. The molecule has 0 bridgehead atoms. The molecule has 0 saturated heterocycles. The van der Waals surface area contributed by atoms with Gasteiger partial charge in [-0.05, 0) is 18.6 Å². The Kier molecular flexibility index (Phi) is 5.01. The maximum absolute atomic E-state index is 12.5. The van der Waals surface area contributed by atoms with Gasteiger partial charge in [0.2, 0.25) is 0 Å². The van der Waals surface area contributed by atoms with Crippen molar-refractivity contribution in [2.24, 2.45) is 5.92 Å². The van der Waals surface area contributed by atoms with E-state index in [1.165, 1.54) is 20.3 Å². The molecule has 0 spiro atoms. The predicted molar refractivity (Wildman–Crippen MR) is 79.8 cm³/mol. The number of rotatable bonds is 4. The summed E-state index contributed by atoms with van der Waals surface area (Å²) in [6.07, 6.45) is 3.35. The van der Waals surface area contributed by atoms with Gasteiger partial charge in [0.1, 0.15) is 0 Å². The van der Waals surface area contributed by atoms with E-state index in [2.05, 4.69) is 20.7 Å². The molecule has 0 fully saturated rings. The van der Waals surface area contributed by atoms with Crippen molar-refractivity contribution in [3.05, 3.63) is 34.3 Å². The second kappa shape index (κ2) is 6.76. The van der Waals surface area contributed by atoms with Gasteiger partial charge < -0.3 is 14.2 Å². The number of methoxy groups -OCH3 is 2. The van der Waals surface area contributed by atoms with E-state index in [1.54, 1.807) is 18.2 Å². The Morgan fingerprint density at radius 3 is 2.90 bits per heavy atom. The Morgan fingerprint density at radius 1 is 1.48 bits per heavy atom. The van der Waals surface area contributed by atoms with Crippen LogP contribution >= 0.6 is 15.9 Å². The van der Waals surface area contributed by atoms with E-state index in [9.17, 15) is 9.59 Å². The molecule has 0 radical (unpaired) electrons. The van der Waals surface area contributed by atoms with Gasteiger partial charge in [-0.15, -0.1) is 0 Å². The molecule has 1 unspecified atom stereocenters. The average Bonchev–Trinajstić information content (AvgIpc) is 2.49. The SMILES string of the molecule is COC(=O)/C=C/CC1COc2c(OC)cc(Br)cc2C1=O. The third-order valence-corrected chi connectivity index (χ3v) is 3.64. The number of fused-ring (bicyclic) bond motifs is 1. The standard InChI is InChI=1S/C15H15BrO5/c1-19-12-7-10(16)6-11-14(18)9(8-21-15(11)12)4-3-5-13(17)20-2/h3,5-7,9H,4,8H2,1-2H3/b5-3+. The number of hydrogen-bond acceptors (Lipinski definition) is 5. The number of ketones is 1. The van der Waals surface area contributed by atoms with Crippen molar-refractivity contribution in [1.29, 1.82) is 0 Å². The summed E-state index contributed by atoms with van der Waals surface area (Å²) in [6.45, 7) is 0.259. The molecule has 0 saturated carbocycles. The molecule has 112 valence electrons. The van der Waals surface area contributed by atoms with Crippen molar-refractivity contribution in [3.8, 4) is 11.5 Å². The quantitative estimate of drug-likeness (QED) is 0.614. The smallest absolute Gasteiger partial charge is 0.330 e. The third kappa shape index (κ3) is 3.44. The van der Waals surface area contributed by atoms with Crippen LogP contribution in [0.15, 0.2) is 28.8 Å². The van der Waals surface area contributed by atoms with Crippen molar-refractivity contribution in [2.75, 3.05) is 20.8 Å². The molecular weight excluding hydrogens is 340 g/mol. The summed E-state index contributed by atoms with van der Waals surface area (Å²) in [5, 5.41) is 0. The summed E-state index contributed by atoms with van der Waals surface area (Å²) in [7, 11) is 2.84. The van der Waals surface area contributed by atoms with Crippen LogP contribution in [0.3, 0.4) is 0 Å². The molecule has 5 nitrogen and oxygen atoms in total. The topological polar surface area (TPSA) is 61.8 Å². The molecule has 1 aromatic rings. The number of esters is 1. The highest BCUT2D eigenvalue weighted by atomic mass is 79.9. The van der Waals surface area contributed by atoms with E-state index in [-0.39, 0.29) is 18.3 Å². The molecule has 1 aliphatic heterocycles. The van der Waals surface area contributed by atoms with Crippen molar-refractivity contribution < 1.29 is 23.8 Å². The molecule has 6 heteroatoms. The summed E-state index contributed by atoms with van der Waals surface area (Å²) in [5.41, 5.74) is 0.490. The highest BCUT2D eigenvalue weighted by Gasteiger charge is 2.30. The molecule has 1 atom stereocenters. The van der Waals surface area contributed by atoms with Crippen LogP contribution in [0.2, 0.25) is 0 Å². The van der Waals surface area contributed by atoms with Crippen molar-refractivity contribution >= 4 is 27.7 Å². The molecule has 21 heavy (non-hydrogen) atoms. The van der Waals surface area contributed by atoms with Crippen LogP contribution in [0.4, 0.5) is 0 Å². The highest BCUT2D eigenvalue weighted by Crippen LogP contribution is 2.39. The van der Waals surface area contributed by atoms with Crippen LogP contribution in [0, 0.1) is 5.92 Å². The van der Waals surface area contributed by atoms with Crippen LogP contribution < -0.4 is 9.47 Å². The van der Waals surface area contributed by atoms with Crippen LogP contribution in [0.5, 0.6) is 11.5 Å². The van der Waals surface area contributed by atoms with Gasteiger partial charge in [-0.2, -0.15) is 0 Å². The minimum absolute atomic E-state index is 0.0228. The Hall–Kier alpha value is -1.82. The Morgan fingerprint density at radius 2 is 2.24 bits per heavy atom. The van der Waals surface area contributed by atoms with Gasteiger partial charge in [0.15, 0.2) is 17.3 Å². The maximum Gasteiger partial charge on any atom is 0.330 e. The number of benzene rings is 1. The summed E-state index contributed by atoms with van der Waals surface area (Å²) >= 11 is 3.35. The number of halogens is 1. The summed E-state index contributed by atoms with van der Waals surface area (Å²) < 4.78 is 16.1. The molecule has 1 aromatic carbocycles. The van der Waals surface area contributed by atoms with Gasteiger partial charge >= 0.3 is 5.97 Å². The third-order valence-electron chi connectivity index (χ3n) is 3.18. The van der Waals surface area contributed by atoms with Gasteiger partial charge in [-0.3, -0.25) is 4.79 Å². The molecule has 0 aliphatic carbocycles. The molecule has 2 rings (SSSR count). The maximum atomic E-state index is 12.5. The van der Waals surface area contributed by atoms with Crippen molar-refractivity contribution in [2.45, 2.75) is 6.42 Å².